The van der Waals surface area contributed by atoms with Crippen LogP contribution < -0.4 is 0 Å². The Labute approximate surface area is 161 Å². The summed E-state index contributed by atoms with van der Waals surface area (Å²) in [6.45, 7) is 7.74. The van der Waals surface area contributed by atoms with Crippen LogP contribution in [0.3, 0.4) is 0 Å². The van der Waals surface area contributed by atoms with Crippen molar-refractivity contribution in [3.05, 3.63) is 90.6 Å². The van der Waals surface area contributed by atoms with Gasteiger partial charge in [0.1, 0.15) is 5.82 Å². The SMILES string of the molecule is [CH2]C(CN1CCC(Cc2ccc(F)cc2)CC1)c1cccc2ccccc12. The maximum atomic E-state index is 13.1. The molecule has 0 saturated carbocycles. The minimum atomic E-state index is -0.150. The molecule has 4 rings (SSSR count). The van der Waals surface area contributed by atoms with Gasteiger partial charge in [-0.1, -0.05) is 54.6 Å². The molecule has 1 saturated heterocycles. The van der Waals surface area contributed by atoms with E-state index in [4.69, 9.17) is 0 Å². The van der Waals surface area contributed by atoms with Crippen molar-refractivity contribution in [3.63, 3.8) is 0 Å². The van der Waals surface area contributed by atoms with Crippen LogP contribution in [0.4, 0.5) is 4.39 Å². The second-order valence-corrected chi connectivity index (χ2v) is 7.84. The first kappa shape index (κ1) is 18.2. The smallest absolute Gasteiger partial charge is 0.123 e. The molecular formula is C25H27FN. The van der Waals surface area contributed by atoms with E-state index >= 15 is 0 Å². The van der Waals surface area contributed by atoms with Crippen LogP contribution in [0.5, 0.6) is 0 Å². The van der Waals surface area contributed by atoms with Crippen LogP contribution in [0.25, 0.3) is 10.8 Å². The lowest BCUT2D eigenvalue weighted by molar-refractivity contribution is 0.180. The number of hydrogen-bond acceptors (Lipinski definition) is 1. The van der Waals surface area contributed by atoms with Crippen molar-refractivity contribution in [3.8, 4) is 0 Å². The van der Waals surface area contributed by atoms with Crippen molar-refractivity contribution in [2.24, 2.45) is 5.92 Å². The van der Waals surface area contributed by atoms with Gasteiger partial charge in [0.15, 0.2) is 0 Å². The van der Waals surface area contributed by atoms with Gasteiger partial charge in [-0.3, -0.25) is 0 Å². The first-order valence-electron chi connectivity index (χ1n) is 9.96. The second-order valence-electron chi connectivity index (χ2n) is 7.84. The highest BCUT2D eigenvalue weighted by Crippen LogP contribution is 2.28. The molecule has 1 atom stereocenters. The number of hydrogen-bond donors (Lipinski definition) is 0. The van der Waals surface area contributed by atoms with Crippen LogP contribution in [0.1, 0.15) is 29.9 Å². The average molecular weight is 360 g/mol. The van der Waals surface area contributed by atoms with Gasteiger partial charge in [-0.15, -0.1) is 0 Å². The van der Waals surface area contributed by atoms with Gasteiger partial charge >= 0.3 is 0 Å². The quantitative estimate of drug-likeness (QED) is 0.551. The summed E-state index contributed by atoms with van der Waals surface area (Å²) in [7, 11) is 0. The summed E-state index contributed by atoms with van der Waals surface area (Å²) >= 11 is 0. The van der Waals surface area contributed by atoms with Gasteiger partial charge in [0.05, 0.1) is 0 Å². The lowest BCUT2D eigenvalue weighted by Crippen LogP contribution is -2.36. The Kier molecular flexibility index (Phi) is 5.54. The molecule has 2 heteroatoms. The molecule has 1 aliphatic rings. The van der Waals surface area contributed by atoms with E-state index in [1.165, 1.54) is 34.7 Å². The third-order valence-corrected chi connectivity index (χ3v) is 5.89. The van der Waals surface area contributed by atoms with Gasteiger partial charge < -0.3 is 4.90 Å². The predicted molar refractivity (Wildman–Crippen MR) is 111 cm³/mol. The summed E-state index contributed by atoms with van der Waals surface area (Å²) in [4.78, 5) is 2.56. The van der Waals surface area contributed by atoms with Crippen LogP contribution in [-0.4, -0.2) is 24.5 Å². The normalized spacial score (nSPS) is 17.3. The molecule has 0 aromatic heterocycles. The fraction of sp³-hybridized carbons (Fsp3) is 0.320. The van der Waals surface area contributed by atoms with E-state index in [0.29, 0.717) is 5.92 Å². The summed E-state index contributed by atoms with van der Waals surface area (Å²) in [5, 5.41) is 2.62. The van der Waals surface area contributed by atoms with Gasteiger partial charge in [-0.2, -0.15) is 0 Å². The largest absolute Gasteiger partial charge is 0.303 e. The fourth-order valence-electron chi connectivity index (χ4n) is 4.34. The molecule has 27 heavy (non-hydrogen) atoms. The summed E-state index contributed by atoms with van der Waals surface area (Å²) in [6.07, 6.45) is 3.48. The topological polar surface area (TPSA) is 3.24 Å². The van der Waals surface area contributed by atoms with Crippen LogP contribution in [-0.2, 0) is 6.42 Å². The summed E-state index contributed by atoms with van der Waals surface area (Å²) in [5.74, 6) is 0.834. The number of benzene rings is 3. The maximum absolute atomic E-state index is 13.1. The number of nitrogens with zero attached hydrogens (tertiary/aromatic N) is 1. The highest BCUT2D eigenvalue weighted by atomic mass is 19.1. The second kappa shape index (κ2) is 8.22. The first-order chi connectivity index (χ1) is 13.2. The lowest BCUT2D eigenvalue weighted by Gasteiger charge is -2.34. The molecule has 0 spiro atoms. The number of piperidine rings is 1. The molecule has 1 unspecified atom stereocenters. The molecule has 1 fully saturated rings. The molecular weight excluding hydrogens is 333 g/mol. The first-order valence-corrected chi connectivity index (χ1v) is 9.96. The highest BCUT2D eigenvalue weighted by Gasteiger charge is 2.21. The Morgan fingerprint density at radius 1 is 0.926 bits per heavy atom. The Hall–Kier alpha value is -2.19. The highest BCUT2D eigenvalue weighted by molar-refractivity contribution is 5.86. The molecule has 1 heterocycles. The van der Waals surface area contributed by atoms with E-state index < -0.39 is 0 Å². The van der Waals surface area contributed by atoms with Crippen molar-refractivity contribution in [2.75, 3.05) is 19.6 Å². The standard InChI is InChI=1S/C25H27FN/c1-19(24-8-4-6-22-5-2-3-7-25(22)24)18-27-15-13-21(14-16-27)17-20-9-11-23(26)12-10-20/h2-12,19,21H,1,13-18H2. The summed E-state index contributed by atoms with van der Waals surface area (Å²) in [5.41, 5.74) is 2.60. The molecule has 0 amide bonds. The molecule has 3 aromatic carbocycles. The monoisotopic (exact) mass is 360 g/mol. The van der Waals surface area contributed by atoms with E-state index in [-0.39, 0.29) is 11.7 Å². The summed E-state index contributed by atoms with van der Waals surface area (Å²) < 4.78 is 13.1. The Morgan fingerprint density at radius 3 is 2.41 bits per heavy atom. The van der Waals surface area contributed by atoms with E-state index in [1.54, 1.807) is 12.1 Å². The van der Waals surface area contributed by atoms with E-state index in [0.717, 1.165) is 26.1 Å². The van der Waals surface area contributed by atoms with Crippen molar-refractivity contribution >= 4 is 10.8 Å². The van der Waals surface area contributed by atoms with E-state index in [9.17, 15) is 4.39 Å². The number of halogens is 1. The third-order valence-electron chi connectivity index (χ3n) is 5.89. The average Bonchev–Trinajstić information content (AvgIpc) is 2.71. The van der Waals surface area contributed by atoms with Crippen LogP contribution in [0.15, 0.2) is 66.7 Å². The van der Waals surface area contributed by atoms with Crippen LogP contribution in [0, 0.1) is 18.7 Å². The molecule has 0 aliphatic carbocycles. The lowest BCUT2D eigenvalue weighted by atomic mass is 9.89. The van der Waals surface area contributed by atoms with Crippen LogP contribution >= 0.6 is 0 Å². The van der Waals surface area contributed by atoms with Gasteiger partial charge in [0, 0.05) is 6.54 Å². The van der Waals surface area contributed by atoms with Crippen molar-refractivity contribution in [2.45, 2.75) is 25.2 Å². The Bertz CT molecular complexity index is 873. The molecule has 0 bridgehead atoms. The predicted octanol–water partition coefficient (Wildman–Crippen LogP) is 5.85. The van der Waals surface area contributed by atoms with E-state index in [1.807, 2.05) is 12.1 Å². The number of rotatable bonds is 5. The maximum Gasteiger partial charge on any atom is 0.123 e. The van der Waals surface area contributed by atoms with E-state index in [2.05, 4.69) is 54.3 Å². The van der Waals surface area contributed by atoms with Gasteiger partial charge in [-0.25, -0.2) is 4.39 Å². The molecule has 1 nitrogen and oxygen atoms in total. The molecule has 1 aliphatic heterocycles. The Morgan fingerprint density at radius 2 is 1.63 bits per heavy atom. The summed E-state index contributed by atoms with van der Waals surface area (Å²) in [6, 6.07) is 22.1. The molecule has 139 valence electrons. The zero-order chi connectivity index (χ0) is 18.6. The minimum absolute atomic E-state index is 0.150. The molecule has 1 radical (unpaired) electrons. The molecule has 0 N–H and O–H groups in total. The van der Waals surface area contributed by atoms with Crippen molar-refractivity contribution < 1.29 is 4.39 Å². The zero-order valence-electron chi connectivity index (χ0n) is 15.8. The third kappa shape index (κ3) is 4.39. The molecule has 3 aromatic rings. The Balaban J connectivity index is 1.34. The van der Waals surface area contributed by atoms with Crippen molar-refractivity contribution in [1.29, 1.82) is 0 Å². The van der Waals surface area contributed by atoms with Crippen LogP contribution in [0.2, 0.25) is 0 Å². The van der Waals surface area contributed by atoms with Gasteiger partial charge in [0.2, 0.25) is 0 Å². The number of likely N-dealkylation sites (tertiary alicyclic amines) is 1. The van der Waals surface area contributed by atoms with Gasteiger partial charge in [0.25, 0.3) is 0 Å². The zero-order valence-corrected chi connectivity index (χ0v) is 15.8. The fourth-order valence-corrected chi connectivity index (χ4v) is 4.34. The minimum Gasteiger partial charge on any atom is -0.303 e. The van der Waals surface area contributed by atoms with Gasteiger partial charge in [-0.05, 0) is 85.1 Å². The number of fused-ring (bicyclic) bond motifs is 1. The van der Waals surface area contributed by atoms with Crippen molar-refractivity contribution in [1.82, 2.24) is 4.90 Å².